The highest BCUT2D eigenvalue weighted by molar-refractivity contribution is 5.81. The first-order chi connectivity index (χ1) is 18.4. The third kappa shape index (κ3) is 5.03. The number of benzene rings is 4. The zero-order valence-corrected chi connectivity index (χ0v) is 23.0. The number of terminal acetylenes is 1. The van der Waals surface area contributed by atoms with Gasteiger partial charge in [0.25, 0.3) is 0 Å². The highest BCUT2D eigenvalue weighted by Crippen LogP contribution is 2.48. The Morgan fingerprint density at radius 3 is 2.18 bits per heavy atom. The van der Waals surface area contributed by atoms with Crippen molar-refractivity contribution in [3.63, 3.8) is 0 Å². The van der Waals surface area contributed by atoms with Gasteiger partial charge in [-0.3, -0.25) is 0 Å². The van der Waals surface area contributed by atoms with Crippen LogP contribution in [0.4, 0.5) is 0 Å². The maximum atomic E-state index is 5.53. The molecule has 0 heterocycles. The van der Waals surface area contributed by atoms with Crippen LogP contribution >= 0.6 is 0 Å². The van der Waals surface area contributed by atoms with Crippen LogP contribution in [-0.2, 0) is 18.3 Å². The average molecular weight is 493 g/mol. The molecule has 0 N–H and O–H groups in total. The molecule has 0 nitrogen and oxygen atoms in total. The predicted molar refractivity (Wildman–Crippen MR) is 163 cm³/mol. The van der Waals surface area contributed by atoms with Crippen LogP contribution in [0.15, 0.2) is 109 Å². The van der Waals surface area contributed by atoms with Gasteiger partial charge in [-0.05, 0) is 87.9 Å². The fraction of sp³-hybridized carbons (Fsp3) is 0.211. The van der Waals surface area contributed by atoms with E-state index in [1.807, 2.05) is 0 Å². The molecule has 0 amide bonds. The largest absolute Gasteiger partial charge is 0.120 e. The van der Waals surface area contributed by atoms with Crippen molar-refractivity contribution >= 4 is 5.57 Å². The Kier molecular flexibility index (Phi) is 7.22. The standard InChI is InChI=1S/C38H36/c1-6-7-12-27(2)33(32-14-9-8-13-28(32)3)23-21-29-17-19-30(20-18-29)25-31-22-24-35-34-15-10-11-16-36(34)38(4,5)37(35)26-31/h1,8-20,22-24,26H,7,21,25H2,2-5H3/b27-12-,33-23+. The number of fused-ring (bicyclic) bond motifs is 3. The average Bonchev–Trinajstić information content (AvgIpc) is 3.16. The number of hydrogen-bond acceptors (Lipinski definition) is 0. The summed E-state index contributed by atoms with van der Waals surface area (Å²) in [6.45, 7) is 9.02. The normalized spacial score (nSPS) is 14.1. The summed E-state index contributed by atoms with van der Waals surface area (Å²) in [5.41, 5.74) is 14.8. The highest BCUT2D eigenvalue weighted by atomic mass is 14.4. The van der Waals surface area contributed by atoms with Crippen LogP contribution in [0.5, 0.6) is 0 Å². The second-order valence-corrected chi connectivity index (χ2v) is 11.0. The topological polar surface area (TPSA) is 0 Å². The molecular formula is C38H36. The molecule has 0 aromatic heterocycles. The predicted octanol–water partition coefficient (Wildman–Crippen LogP) is 9.49. The molecular weight excluding hydrogens is 456 g/mol. The summed E-state index contributed by atoms with van der Waals surface area (Å²) in [6.07, 6.45) is 12.5. The van der Waals surface area contributed by atoms with Gasteiger partial charge in [0.05, 0.1) is 0 Å². The molecule has 0 bridgehead atoms. The van der Waals surface area contributed by atoms with Crippen molar-refractivity contribution in [1.82, 2.24) is 0 Å². The molecule has 0 radical (unpaired) electrons. The molecule has 0 heteroatoms. The van der Waals surface area contributed by atoms with E-state index in [9.17, 15) is 0 Å². The van der Waals surface area contributed by atoms with Gasteiger partial charge in [0.2, 0.25) is 0 Å². The lowest BCUT2D eigenvalue weighted by molar-refractivity contribution is 0.659. The van der Waals surface area contributed by atoms with Gasteiger partial charge < -0.3 is 0 Å². The van der Waals surface area contributed by atoms with Crippen molar-refractivity contribution < 1.29 is 0 Å². The SMILES string of the molecule is C#CC/C=C(C)\C(=C/Cc1ccc(Cc2ccc3c(c2)C(C)(C)c2ccccc2-3)cc1)c1ccccc1C. The summed E-state index contributed by atoms with van der Waals surface area (Å²) in [5.74, 6) is 2.74. The summed E-state index contributed by atoms with van der Waals surface area (Å²) >= 11 is 0. The van der Waals surface area contributed by atoms with Gasteiger partial charge in [0, 0.05) is 11.8 Å². The monoisotopic (exact) mass is 492 g/mol. The Bertz CT molecular complexity index is 1570. The summed E-state index contributed by atoms with van der Waals surface area (Å²) < 4.78 is 0. The zero-order chi connectivity index (χ0) is 26.7. The Hall–Kier alpha value is -4.08. The van der Waals surface area contributed by atoms with Gasteiger partial charge in [-0.1, -0.05) is 117 Å². The Balaban J connectivity index is 1.35. The lowest BCUT2D eigenvalue weighted by Gasteiger charge is -2.22. The highest BCUT2D eigenvalue weighted by Gasteiger charge is 2.35. The van der Waals surface area contributed by atoms with Crippen molar-refractivity contribution in [1.29, 1.82) is 0 Å². The molecule has 0 spiro atoms. The van der Waals surface area contributed by atoms with Gasteiger partial charge in [-0.15, -0.1) is 12.3 Å². The minimum Gasteiger partial charge on any atom is -0.120 e. The fourth-order valence-corrected chi connectivity index (χ4v) is 5.79. The number of hydrogen-bond donors (Lipinski definition) is 0. The second kappa shape index (κ2) is 10.7. The van der Waals surface area contributed by atoms with E-state index in [1.54, 1.807) is 0 Å². The van der Waals surface area contributed by atoms with Crippen molar-refractivity contribution in [2.75, 3.05) is 0 Å². The van der Waals surface area contributed by atoms with Gasteiger partial charge in [-0.2, -0.15) is 0 Å². The van der Waals surface area contributed by atoms with Crippen molar-refractivity contribution in [3.8, 4) is 23.5 Å². The maximum Gasteiger partial charge on any atom is 0.0272 e. The van der Waals surface area contributed by atoms with Crippen LogP contribution in [0.25, 0.3) is 16.7 Å². The molecule has 0 saturated heterocycles. The molecule has 0 unspecified atom stereocenters. The molecule has 1 aliphatic rings. The molecule has 0 aliphatic heterocycles. The Labute approximate surface area is 228 Å². The maximum absolute atomic E-state index is 5.53. The number of rotatable bonds is 7. The molecule has 4 aromatic carbocycles. The molecule has 38 heavy (non-hydrogen) atoms. The lowest BCUT2D eigenvalue weighted by Crippen LogP contribution is -2.15. The third-order valence-corrected chi connectivity index (χ3v) is 8.01. The minimum absolute atomic E-state index is 0.0414. The van der Waals surface area contributed by atoms with Gasteiger partial charge in [-0.25, -0.2) is 0 Å². The van der Waals surface area contributed by atoms with Crippen molar-refractivity contribution in [2.45, 2.75) is 52.4 Å². The van der Waals surface area contributed by atoms with Gasteiger partial charge in [0.1, 0.15) is 0 Å². The first kappa shape index (κ1) is 25.6. The summed E-state index contributed by atoms with van der Waals surface area (Å²) in [5, 5.41) is 0. The fourth-order valence-electron chi connectivity index (χ4n) is 5.79. The van der Waals surface area contributed by atoms with E-state index in [1.165, 1.54) is 61.2 Å². The van der Waals surface area contributed by atoms with Gasteiger partial charge in [0.15, 0.2) is 0 Å². The van der Waals surface area contributed by atoms with Gasteiger partial charge >= 0.3 is 0 Å². The van der Waals surface area contributed by atoms with Crippen LogP contribution in [-0.4, -0.2) is 0 Å². The van der Waals surface area contributed by atoms with E-state index in [2.05, 4.69) is 137 Å². The Morgan fingerprint density at radius 1 is 0.763 bits per heavy atom. The lowest BCUT2D eigenvalue weighted by atomic mass is 9.81. The van der Waals surface area contributed by atoms with E-state index in [4.69, 9.17) is 6.42 Å². The molecule has 4 aromatic rings. The quantitative estimate of drug-likeness (QED) is 0.178. The molecule has 0 atom stereocenters. The summed E-state index contributed by atoms with van der Waals surface area (Å²) in [6, 6.07) is 33.6. The van der Waals surface area contributed by atoms with Crippen LogP contribution in [0.1, 0.15) is 66.1 Å². The second-order valence-electron chi connectivity index (χ2n) is 11.0. The third-order valence-electron chi connectivity index (χ3n) is 8.01. The smallest absolute Gasteiger partial charge is 0.0272 e. The molecule has 0 fully saturated rings. The van der Waals surface area contributed by atoms with Crippen molar-refractivity contribution in [2.24, 2.45) is 0 Å². The molecule has 0 saturated carbocycles. The molecule has 5 rings (SSSR count). The van der Waals surface area contributed by atoms with E-state index in [0.717, 1.165) is 12.8 Å². The van der Waals surface area contributed by atoms with Crippen LogP contribution < -0.4 is 0 Å². The van der Waals surface area contributed by atoms with Crippen LogP contribution in [0.2, 0.25) is 0 Å². The Morgan fingerprint density at radius 2 is 1.42 bits per heavy atom. The van der Waals surface area contributed by atoms with Crippen LogP contribution in [0, 0.1) is 19.3 Å². The molecule has 188 valence electrons. The summed E-state index contributed by atoms with van der Waals surface area (Å²) in [7, 11) is 0. The van der Waals surface area contributed by atoms with E-state index < -0.39 is 0 Å². The first-order valence-corrected chi connectivity index (χ1v) is 13.6. The molecule has 1 aliphatic carbocycles. The van der Waals surface area contributed by atoms with Crippen LogP contribution in [0.3, 0.4) is 0 Å². The van der Waals surface area contributed by atoms with E-state index in [0.29, 0.717) is 6.42 Å². The zero-order valence-electron chi connectivity index (χ0n) is 23.0. The first-order valence-electron chi connectivity index (χ1n) is 13.6. The summed E-state index contributed by atoms with van der Waals surface area (Å²) in [4.78, 5) is 0. The van der Waals surface area contributed by atoms with Crippen molar-refractivity contribution in [3.05, 3.63) is 148 Å². The number of aryl methyl sites for hydroxylation is 1. The van der Waals surface area contributed by atoms with E-state index in [-0.39, 0.29) is 5.41 Å². The number of allylic oxidation sites excluding steroid dienone is 4. The van der Waals surface area contributed by atoms with E-state index >= 15 is 0 Å². The minimum atomic E-state index is 0.0414.